The predicted molar refractivity (Wildman–Crippen MR) is 155 cm³/mol. The largest absolute Gasteiger partial charge is 0.497 e. The molecule has 6 unspecified atom stereocenters. The van der Waals surface area contributed by atoms with E-state index in [1.165, 1.54) is 0 Å². The average molecular weight is 602 g/mol. The smallest absolute Gasteiger partial charge is 0.338 e. The van der Waals surface area contributed by atoms with Crippen molar-refractivity contribution in [3.63, 3.8) is 0 Å². The number of nitrogens with zero attached hydrogens (tertiary/aromatic N) is 1. The lowest BCUT2D eigenvalue weighted by molar-refractivity contribution is -0.283. The van der Waals surface area contributed by atoms with Crippen molar-refractivity contribution in [1.29, 1.82) is 0 Å². The molecule has 43 heavy (non-hydrogen) atoms. The second kappa shape index (κ2) is 10.1. The topological polar surface area (TPSA) is 116 Å². The molecule has 0 amide bonds. The third-order valence-electron chi connectivity index (χ3n) is 13.0. The minimum absolute atomic E-state index is 0.0233. The Labute approximate surface area is 253 Å². The molecule has 1 aromatic rings. The Morgan fingerprint density at radius 1 is 0.953 bits per heavy atom. The molecular weight excluding hydrogens is 554 g/mol. The molecule has 1 spiro atoms. The molecular formula is C33H47NO9. The van der Waals surface area contributed by atoms with E-state index >= 15 is 0 Å². The highest BCUT2D eigenvalue weighted by molar-refractivity contribution is 5.89. The summed E-state index contributed by atoms with van der Waals surface area (Å²) < 4.78 is 36.5. The molecule has 0 aromatic heterocycles. The highest BCUT2D eigenvalue weighted by Gasteiger charge is 2.88. The van der Waals surface area contributed by atoms with Gasteiger partial charge in [0.05, 0.1) is 43.2 Å². The zero-order valence-electron chi connectivity index (χ0n) is 26.2. The van der Waals surface area contributed by atoms with E-state index < -0.39 is 40.7 Å². The Kier molecular flexibility index (Phi) is 7.03. The van der Waals surface area contributed by atoms with Crippen LogP contribution in [-0.4, -0.2) is 118 Å². The second-order valence-electron chi connectivity index (χ2n) is 14.1. The van der Waals surface area contributed by atoms with Crippen LogP contribution in [0, 0.1) is 34.5 Å². The van der Waals surface area contributed by atoms with E-state index in [4.69, 9.17) is 28.4 Å². The molecule has 0 radical (unpaired) electrons. The molecule has 10 nitrogen and oxygen atoms in total. The van der Waals surface area contributed by atoms with Crippen molar-refractivity contribution in [2.24, 2.45) is 34.5 Å². The molecule has 10 heteroatoms. The third-order valence-corrected chi connectivity index (χ3v) is 13.0. The van der Waals surface area contributed by atoms with E-state index in [0.717, 1.165) is 25.9 Å². The van der Waals surface area contributed by atoms with Crippen LogP contribution in [0.5, 0.6) is 5.75 Å². The van der Waals surface area contributed by atoms with Crippen LogP contribution < -0.4 is 4.74 Å². The Bertz CT molecular complexity index is 1250. The van der Waals surface area contributed by atoms with Gasteiger partial charge in [0, 0.05) is 76.0 Å². The van der Waals surface area contributed by atoms with Crippen molar-refractivity contribution in [1.82, 2.24) is 4.90 Å². The van der Waals surface area contributed by atoms with Crippen molar-refractivity contribution in [2.45, 2.75) is 74.3 Å². The average Bonchev–Trinajstić information content (AvgIpc) is 3.40. The molecule has 6 fully saturated rings. The number of hydrogen-bond acceptors (Lipinski definition) is 10. The lowest BCUT2D eigenvalue weighted by Crippen LogP contribution is -2.77. The number of piperidine rings is 1. The quantitative estimate of drug-likeness (QED) is 0.408. The molecule has 6 aliphatic rings. The van der Waals surface area contributed by atoms with E-state index in [1.807, 2.05) is 0 Å². The summed E-state index contributed by atoms with van der Waals surface area (Å²) in [5.41, 5.74) is -3.05. The van der Waals surface area contributed by atoms with Crippen molar-refractivity contribution in [3.05, 3.63) is 29.8 Å². The number of esters is 1. The first kappa shape index (κ1) is 29.9. The number of hydrogen-bond donors (Lipinski definition) is 2. The molecule has 7 rings (SSSR count). The zero-order valence-corrected chi connectivity index (χ0v) is 26.2. The molecule has 13 atom stereocenters. The Hall–Kier alpha value is -1.79. The number of carbonyl (C=O) groups excluding carboxylic acids is 1. The van der Waals surface area contributed by atoms with Crippen LogP contribution in [-0.2, 0) is 23.7 Å². The molecule has 1 saturated heterocycles. The van der Waals surface area contributed by atoms with Gasteiger partial charge in [-0.05, 0) is 56.0 Å². The normalized spacial score (nSPS) is 49.2. The summed E-state index contributed by atoms with van der Waals surface area (Å²) in [6.07, 6.45) is 0.328. The van der Waals surface area contributed by atoms with Crippen molar-refractivity contribution >= 4 is 5.97 Å². The van der Waals surface area contributed by atoms with Gasteiger partial charge in [0.15, 0.2) is 0 Å². The second-order valence-corrected chi connectivity index (χ2v) is 14.1. The number of methoxy groups -OCH3 is 5. The lowest BCUT2D eigenvalue weighted by atomic mass is 9.43. The molecule has 1 heterocycles. The fraction of sp³-hybridized carbons (Fsp3) is 0.788. The van der Waals surface area contributed by atoms with Gasteiger partial charge in [-0.25, -0.2) is 4.79 Å². The lowest BCUT2D eigenvalue weighted by Gasteiger charge is -2.69. The van der Waals surface area contributed by atoms with Crippen LogP contribution in [0.25, 0.3) is 0 Å². The maximum atomic E-state index is 13.7. The third kappa shape index (κ3) is 3.52. The highest BCUT2D eigenvalue weighted by Crippen LogP contribution is 2.80. The van der Waals surface area contributed by atoms with Crippen LogP contribution in [0.15, 0.2) is 24.3 Å². The van der Waals surface area contributed by atoms with Gasteiger partial charge in [0.25, 0.3) is 0 Å². The Morgan fingerprint density at radius 2 is 1.67 bits per heavy atom. The number of rotatable bonds is 9. The summed E-state index contributed by atoms with van der Waals surface area (Å²) in [5.74, 6) is -0.864. The maximum absolute atomic E-state index is 13.7. The molecule has 5 saturated carbocycles. The highest BCUT2D eigenvalue weighted by atomic mass is 16.6. The number of likely N-dealkylation sites (tertiary alicyclic amines) is 1. The first-order valence-corrected chi connectivity index (χ1v) is 15.8. The van der Waals surface area contributed by atoms with Gasteiger partial charge in [-0.1, -0.05) is 6.92 Å². The van der Waals surface area contributed by atoms with Crippen LogP contribution in [0.4, 0.5) is 0 Å². The molecule has 1 aliphatic heterocycles. The van der Waals surface area contributed by atoms with Crippen LogP contribution >= 0.6 is 0 Å². The van der Waals surface area contributed by atoms with Crippen molar-refractivity contribution in [3.8, 4) is 5.75 Å². The summed E-state index contributed by atoms with van der Waals surface area (Å²) in [6.45, 7) is 4.45. The van der Waals surface area contributed by atoms with Gasteiger partial charge in [-0.15, -0.1) is 0 Å². The zero-order chi connectivity index (χ0) is 30.5. The van der Waals surface area contributed by atoms with Crippen molar-refractivity contribution in [2.75, 3.05) is 55.2 Å². The van der Waals surface area contributed by atoms with E-state index in [0.29, 0.717) is 24.3 Å². The molecule has 7 bridgehead atoms. The van der Waals surface area contributed by atoms with Gasteiger partial charge in [0.2, 0.25) is 0 Å². The number of aliphatic hydroxyl groups is 2. The molecule has 2 N–H and O–H groups in total. The van der Waals surface area contributed by atoms with Gasteiger partial charge >= 0.3 is 5.97 Å². The maximum Gasteiger partial charge on any atom is 0.338 e. The van der Waals surface area contributed by atoms with Crippen LogP contribution in [0.3, 0.4) is 0 Å². The summed E-state index contributed by atoms with van der Waals surface area (Å²) in [7, 11) is 8.46. The SMILES string of the molecule is CCN1C[C@]2(COC)CC[C@H](OC)C34C5C[C@]6(O)[C@@H](OC)C[C@](O)(C(C13)[C@H](OC)C42)C5[C@@H]6OC(=O)c1ccc(OC)cc1. The minimum Gasteiger partial charge on any atom is -0.497 e. The van der Waals surface area contributed by atoms with Crippen LogP contribution in [0.2, 0.25) is 0 Å². The Balaban J connectivity index is 1.41. The predicted octanol–water partition coefficient (Wildman–Crippen LogP) is 2.14. The van der Waals surface area contributed by atoms with E-state index in [1.54, 1.807) is 59.8 Å². The van der Waals surface area contributed by atoms with E-state index in [2.05, 4.69) is 11.8 Å². The molecule has 5 aliphatic carbocycles. The summed E-state index contributed by atoms with van der Waals surface area (Å²) in [6, 6.07) is 6.72. The first-order chi connectivity index (χ1) is 20.6. The summed E-state index contributed by atoms with van der Waals surface area (Å²) >= 11 is 0. The molecule has 238 valence electrons. The Morgan fingerprint density at radius 3 is 2.28 bits per heavy atom. The number of fused-ring (bicyclic) bond motifs is 2. The van der Waals surface area contributed by atoms with E-state index in [9.17, 15) is 15.0 Å². The first-order valence-electron chi connectivity index (χ1n) is 15.8. The number of carbonyl (C=O) groups is 1. The fourth-order valence-electron chi connectivity index (χ4n) is 12.0. The van der Waals surface area contributed by atoms with E-state index in [-0.39, 0.29) is 47.8 Å². The van der Waals surface area contributed by atoms with Crippen molar-refractivity contribution < 1.29 is 43.4 Å². The standard InChI is InChI=1S/C33H47NO9/c1-7-34-16-30(17-38-2)13-12-21(40-4)33-20-14-31(36)22(41-5)15-32(37,24(27(33)34)25(42-6)26(30)33)23(20)28(31)43-29(35)18-8-10-19(39-3)11-9-18/h8-11,20-28,36-37H,7,12-17H2,1-6H3/t20?,21-,22-,23?,24?,25-,26?,27?,28-,30-,31-,32+,33?/m0/s1. The monoisotopic (exact) mass is 601 g/mol. The number of ether oxygens (including phenoxy) is 6. The van der Waals surface area contributed by atoms with Crippen LogP contribution in [0.1, 0.15) is 43.0 Å². The summed E-state index contributed by atoms with van der Waals surface area (Å²) in [4.78, 5) is 16.2. The summed E-state index contributed by atoms with van der Waals surface area (Å²) in [5, 5.41) is 25.8. The van der Waals surface area contributed by atoms with Gasteiger partial charge in [0.1, 0.15) is 17.5 Å². The fourth-order valence-corrected chi connectivity index (χ4v) is 12.0. The molecule has 1 aromatic carbocycles. The van der Waals surface area contributed by atoms with Gasteiger partial charge in [-0.3, -0.25) is 4.90 Å². The van der Waals surface area contributed by atoms with Gasteiger partial charge < -0.3 is 38.6 Å². The number of benzene rings is 1. The minimum atomic E-state index is -1.47. The van der Waals surface area contributed by atoms with Gasteiger partial charge in [-0.2, -0.15) is 0 Å².